The molecule has 0 radical (unpaired) electrons. The highest BCUT2D eigenvalue weighted by atomic mass is 35.5. The number of hydrogen-bond acceptors (Lipinski definition) is 9. The zero-order chi connectivity index (χ0) is 27.6. The fourth-order valence-corrected chi connectivity index (χ4v) is 6.36. The number of carbonyl (C=O) groups excluding carboxylic acids is 1. The molecular weight excluding hydrogens is 584 g/mol. The molecule has 0 bridgehead atoms. The lowest BCUT2D eigenvalue weighted by atomic mass is 10.1. The molecule has 8 nitrogen and oxygen atoms in total. The molecular formula is C28H25ClN6O2S3. The quantitative estimate of drug-likeness (QED) is 0.0885. The number of benzene rings is 3. The highest BCUT2D eigenvalue weighted by Gasteiger charge is 2.17. The van der Waals surface area contributed by atoms with E-state index in [0.29, 0.717) is 26.9 Å². The van der Waals surface area contributed by atoms with Gasteiger partial charge in [-0.2, -0.15) is 0 Å². The molecule has 0 saturated carbocycles. The van der Waals surface area contributed by atoms with Crippen molar-refractivity contribution in [2.75, 3.05) is 16.8 Å². The van der Waals surface area contributed by atoms with E-state index in [1.165, 1.54) is 28.7 Å². The first kappa shape index (κ1) is 28.2. The van der Waals surface area contributed by atoms with Gasteiger partial charge in [0.25, 0.3) is 0 Å². The van der Waals surface area contributed by atoms with Crippen LogP contribution in [0.1, 0.15) is 17.8 Å². The van der Waals surface area contributed by atoms with Gasteiger partial charge in [-0.05, 0) is 54.8 Å². The van der Waals surface area contributed by atoms with Gasteiger partial charge in [0, 0.05) is 16.5 Å². The summed E-state index contributed by atoms with van der Waals surface area (Å²) in [4.78, 5) is 12.7. The Morgan fingerprint density at radius 3 is 2.42 bits per heavy atom. The number of para-hydroxylation sites is 1. The van der Waals surface area contributed by atoms with Crippen LogP contribution in [0.4, 0.5) is 5.13 Å². The third-order valence-corrected chi connectivity index (χ3v) is 8.80. The summed E-state index contributed by atoms with van der Waals surface area (Å²) < 4.78 is 8.63. The number of aryl methyl sites for hydroxylation is 1. The van der Waals surface area contributed by atoms with Gasteiger partial charge in [-0.15, -0.1) is 20.4 Å². The zero-order valence-electron chi connectivity index (χ0n) is 21.3. The molecule has 5 aromatic rings. The number of carbonyl (C=O) groups is 1. The predicted octanol–water partition coefficient (Wildman–Crippen LogP) is 6.81. The summed E-state index contributed by atoms with van der Waals surface area (Å²) in [5.41, 5.74) is 2.21. The normalized spacial score (nSPS) is 10.9. The van der Waals surface area contributed by atoms with E-state index in [-0.39, 0.29) is 18.3 Å². The molecule has 12 heteroatoms. The van der Waals surface area contributed by atoms with E-state index in [1.54, 1.807) is 36.0 Å². The average molecular weight is 609 g/mol. The molecule has 1 amide bonds. The van der Waals surface area contributed by atoms with Crippen LogP contribution in [-0.2, 0) is 17.8 Å². The van der Waals surface area contributed by atoms with Crippen molar-refractivity contribution >= 4 is 57.5 Å². The van der Waals surface area contributed by atoms with Gasteiger partial charge in [0.1, 0.15) is 12.4 Å². The van der Waals surface area contributed by atoms with Gasteiger partial charge in [0.05, 0.1) is 5.75 Å². The number of nitrogens with zero attached hydrogens (tertiary/aromatic N) is 5. The van der Waals surface area contributed by atoms with Crippen molar-refractivity contribution in [2.45, 2.75) is 28.9 Å². The Bertz CT molecular complexity index is 1510. The Balaban J connectivity index is 1.15. The first-order chi connectivity index (χ1) is 19.6. The highest BCUT2D eigenvalue weighted by Crippen LogP contribution is 2.27. The second-order valence-electron chi connectivity index (χ2n) is 8.46. The van der Waals surface area contributed by atoms with Crippen LogP contribution in [0.5, 0.6) is 5.75 Å². The summed E-state index contributed by atoms with van der Waals surface area (Å²) >= 11 is 10.3. The van der Waals surface area contributed by atoms with Gasteiger partial charge >= 0.3 is 0 Å². The molecule has 0 fully saturated rings. The second kappa shape index (κ2) is 14.3. The molecule has 1 N–H and O–H groups in total. The first-order valence-electron chi connectivity index (χ1n) is 12.4. The Hall–Kier alpha value is -3.38. The lowest BCUT2D eigenvalue weighted by Gasteiger charge is -2.11. The van der Waals surface area contributed by atoms with Crippen LogP contribution in [0.25, 0.3) is 5.69 Å². The summed E-state index contributed by atoms with van der Waals surface area (Å²) in [6, 6.07) is 27.3. The van der Waals surface area contributed by atoms with Gasteiger partial charge in [-0.1, -0.05) is 95.0 Å². The van der Waals surface area contributed by atoms with E-state index in [1.807, 2.05) is 41.0 Å². The Morgan fingerprint density at radius 2 is 1.65 bits per heavy atom. The molecule has 0 saturated heterocycles. The highest BCUT2D eigenvalue weighted by molar-refractivity contribution is 8.01. The van der Waals surface area contributed by atoms with E-state index < -0.39 is 0 Å². The Morgan fingerprint density at radius 1 is 0.900 bits per heavy atom. The van der Waals surface area contributed by atoms with Crippen molar-refractivity contribution < 1.29 is 9.53 Å². The smallest absolute Gasteiger partial charge is 0.236 e. The fraction of sp³-hybridized carbons (Fsp3) is 0.179. The molecule has 0 unspecified atom stereocenters. The summed E-state index contributed by atoms with van der Waals surface area (Å²) in [7, 11) is 0. The zero-order valence-corrected chi connectivity index (χ0v) is 24.5. The first-order valence-corrected chi connectivity index (χ1v) is 15.6. The van der Waals surface area contributed by atoms with Crippen LogP contribution in [0.3, 0.4) is 0 Å². The molecule has 204 valence electrons. The van der Waals surface area contributed by atoms with E-state index in [2.05, 4.69) is 50.0 Å². The average Bonchev–Trinajstić information content (AvgIpc) is 3.61. The largest absolute Gasteiger partial charge is 0.486 e. The van der Waals surface area contributed by atoms with Crippen LogP contribution in [-0.4, -0.2) is 42.4 Å². The molecule has 0 atom stereocenters. The van der Waals surface area contributed by atoms with Crippen molar-refractivity contribution in [2.24, 2.45) is 0 Å². The topological polar surface area (TPSA) is 94.8 Å². The van der Waals surface area contributed by atoms with Crippen molar-refractivity contribution in [3.05, 3.63) is 101 Å². The molecule has 0 aliphatic heterocycles. The van der Waals surface area contributed by atoms with Gasteiger partial charge in [-0.3, -0.25) is 14.7 Å². The van der Waals surface area contributed by atoms with E-state index >= 15 is 0 Å². The van der Waals surface area contributed by atoms with Gasteiger partial charge in [0.2, 0.25) is 11.0 Å². The van der Waals surface area contributed by atoms with E-state index in [9.17, 15) is 4.79 Å². The number of amides is 1. The number of hydrogen-bond donors (Lipinski definition) is 1. The molecule has 0 aliphatic rings. The molecule has 2 heterocycles. The number of nitrogens with one attached hydrogen (secondary N) is 1. The molecule has 2 aromatic heterocycles. The van der Waals surface area contributed by atoms with Crippen LogP contribution < -0.4 is 10.1 Å². The summed E-state index contributed by atoms with van der Waals surface area (Å²) in [5, 5.41) is 21.5. The monoisotopic (exact) mass is 608 g/mol. The van der Waals surface area contributed by atoms with Crippen LogP contribution in [0.15, 0.2) is 94.4 Å². The lowest BCUT2D eigenvalue weighted by molar-refractivity contribution is -0.113. The van der Waals surface area contributed by atoms with Gasteiger partial charge in [0.15, 0.2) is 15.3 Å². The van der Waals surface area contributed by atoms with Crippen molar-refractivity contribution in [3.63, 3.8) is 0 Å². The number of halogens is 1. The van der Waals surface area contributed by atoms with Crippen LogP contribution >= 0.6 is 46.5 Å². The third kappa shape index (κ3) is 8.07. The Kier molecular flexibility index (Phi) is 10.1. The minimum atomic E-state index is -0.191. The fourth-order valence-electron chi connectivity index (χ4n) is 3.69. The van der Waals surface area contributed by atoms with Crippen molar-refractivity contribution in [1.29, 1.82) is 0 Å². The number of anilines is 1. The number of aromatic nitrogens is 5. The maximum Gasteiger partial charge on any atom is 0.236 e. The van der Waals surface area contributed by atoms with Crippen LogP contribution in [0, 0.1) is 0 Å². The maximum atomic E-state index is 12.7. The summed E-state index contributed by atoms with van der Waals surface area (Å²) in [5.74, 6) is 2.17. The second-order valence-corrected chi connectivity index (χ2v) is 12.2. The van der Waals surface area contributed by atoms with Gasteiger partial charge in [-0.25, -0.2) is 0 Å². The minimum absolute atomic E-state index is 0.141. The summed E-state index contributed by atoms with van der Waals surface area (Å²) in [6.07, 6.45) is 2.07. The number of ether oxygens (including phenoxy) is 1. The van der Waals surface area contributed by atoms with Gasteiger partial charge < -0.3 is 4.74 Å². The number of rotatable bonds is 13. The number of thioether (sulfide) groups is 2. The maximum absolute atomic E-state index is 12.7. The van der Waals surface area contributed by atoms with E-state index in [4.69, 9.17) is 16.3 Å². The Labute approximate surface area is 249 Å². The summed E-state index contributed by atoms with van der Waals surface area (Å²) in [6.45, 7) is 0.201. The predicted molar refractivity (Wildman–Crippen MR) is 162 cm³/mol. The molecule has 40 heavy (non-hydrogen) atoms. The molecule has 0 spiro atoms. The minimum Gasteiger partial charge on any atom is -0.486 e. The lowest BCUT2D eigenvalue weighted by Crippen LogP contribution is -2.14. The molecule has 0 aliphatic carbocycles. The SMILES string of the molecule is O=C(CSc1nnc(COc2ccc(Cl)cc2)n1-c1ccccc1)Nc1nnc(SCCCc2ccccc2)s1. The van der Waals surface area contributed by atoms with E-state index in [0.717, 1.165) is 28.6 Å². The van der Waals surface area contributed by atoms with Crippen LogP contribution in [0.2, 0.25) is 5.02 Å². The third-order valence-electron chi connectivity index (χ3n) is 5.56. The molecule has 3 aromatic carbocycles. The molecule has 5 rings (SSSR count). The van der Waals surface area contributed by atoms with Crippen molar-refractivity contribution in [1.82, 2.24) is 25.0 Å². The van der Waals surface area contributed by atoms with Crippen molar-refractivity contribution in [3.8, 4) is 11.4 Å². The standard InChI is InChI=1S/C28H25ClN6O2S3/c29-21-13-15-23(16-14-21)37-18-24-31-33-27(35(24)22-11-5-2-6-12-22)39-19-25(36)30-26-32-34-28(40-26)38-17-7-10-20-8-3-1-4-9-20/h1-6,8-9,11-16H,7,10,17-19H2,(H,30,32,36).